The Morgan fingerprint density at radius 1 is 1.36 bits per heavy atom. The maximum absolute atomic E-state index is 12.6. The van der Waals surface area contributed by atoms with E-state index in [0.29, 0.717) is 24.6 Å². The van der Waals surface area contributed by atoms with Gasteiger partial charge in [-0.15, -0.1) is 23.7 Å². The fourth-order valence-corrected chi connectivity index (χ4v) is 3.37. The van der Waals surface area contributed by atoms with Crippen molar-refractivity contribution in [1.82, 2.24) is 10.3 Å². The Hall–Kier alpha value is -1.63. The summed E-state index contributed by atoms with van der Waals surface area (Å²) in [6.07, 6.45) is 1.52. The number of aromatic nitrogens is 1. The predicted octanol–water partition coefficient (Wildman–Crippen LogP) is 3.59. The number of thiazole rings is 1. The van der Waals surface area contributed by atoms with Crippen LogP contribution in [0.3, 0.4) is 0 Å². The van der Waals surface area contributed by atoms with Gasteiger partial charge in [-0.25, -0.2) is 4.98 Å². The van der Waals surface area contributed by atoms with E-state index in [1.165, 1.54) is 11.3 Å². The lowest BCUT2D eigenvalue weighted by Crippen LogP contribution is -2.30. The molecule has 0 aliphatic carbocycles. The molecular formula is C18H26ClN3O2S. The van der Waals surface area contributed by atoms with Crippen LogP contribution < -0.4 is 15.8 Å². The Morgan fingerprint density at radius 3 is 2.72 bits per heavy atom. The van der Waals surface area contributed by atoms with Gasteiger partial charge in [-0.2, -0.15) is 0 Å². The molecule has 1 aromatic carbocycles. The summed E-state index contributed by atoms with van der Waals surface area (Å²) in [5.41, 5.74) is 6.98. The van der Waals surface area contributed by atoms with Crippen LogP contribution in [0.2, 0.25) is 0 Å². The molecule has 0 saturated heterocycles. The van der Waals surface area contributed by atoms with Crippen LogP contribution in [-0.2, 0) is 6.42 Å². The van der Waals surface area contributed by atoms with Crippen molar-refractivity contribution in [1.29, 1.82) is 0 Å². The minimum absolute atomic E-state index is 0. The highest BCUT2D eigenvalue weighted by atomic mass is 35.5. The number of hydrogen-bond donors (Lipinski definition) is 2. The van der Waals surface area contributed by atoms with Gasteiger partial charge >= 0.3 is 0 Å². The van der Waals surface area contributed by atoms with Crippen molar-refractivity contribution in [2.75, 3.05) is 13.7 Å². The van der Waals surface area contributed by atoms with Crippen LogP contribution in [-0.4, -0.2) is 24.5 Å². The van der Waals surface area contributed by atoms with E-state index >= 15 is 0 Å². The Kier molecular flexibility index (Phi) is 8.89. The Labute approximate surface area is 159 Å². The molecule has 1 heterocycles. The standard InChI is InChI=1S/C18H25N3O2S.ClH/c1-12(2)10-14(13-6-4-5-7-16(13)23-3)21-18(22)15-11-24-17(20-15)8-9-19;/h4-7,11-12,14H,8-10,19H2,1-3H3,(H,21,22);1H. The zero-order valence-electron chi connectivity index (χ0n) is 14.8. The molecule has 0 aliphatic heterocycles. The van der Waals surface area contributed by atoms with Crippen molar-refractivity contribution < 1.29 is 9.53 Å². The summed E-state index contributed by atoms with van der Waals surface area (Å²) in [6.45, 7) is 4.80. The van der Waals surface area contributed by atoms with Crippen LogP contribution in [0.4, 0.5) is 0 Å². The molecule has 3 N–H and O–H groups in total. The van der Waals surface area contributed by atoms with Crippen LogP contribution >= 0.6 is 23.7 Å². The van der Waals surface area contributed by atoms with Crippen LogP contribution in [0, 0.1) is 5.92 Å². The molecule has 0 radical (unpaired) electrons. The topological polar surface area (TPSA) is 77.2 Å². The fraction of sp³-hybridized carbons (Fsp3) is 0.444. The van der Waals surface area contributed by atoms with E-state index in [1.807, 2.05) is 24.3 Å². The summed E-state index contributed by atoms with van der Waals surface area (Å²) in [5.74, 6) is 1.06. The van der Waals surface area contributed by atoms with E-state index in [9.17, 15) is 4.79 Å². The molecule has 1 aromatic heterocycles. The molecule has 0 spiro atoms. The summed E-state index contributed by atoms with van der Waals surface area (Å²) in [4.78, 5) is 17.0. The van der Waals surface area contributed by atoms with E-state index in [-0.39, 0.29) is 24.4 Å². The summed E-state index contributed by atoms with van der Waals surface area (Å²) in [5, 5.41) is 5.78. The van der Waals surface area contributed by atoms with Crippen LogP contribution in [0.25, 0.3) is 0 Å². The first-order chi connectivity index (χ1) is 11.5. The van der Waals surface area contributed by atoms with Crippen molar-refractivity contribution >= 4 is 29.7 Å². The summed E-state index contributed by atoms with van der Waals surface area (Å²) >= 11 is 1.47. The number of halogens is 1. The van der Waals surface area contributed by atoms with Crippen molar-refractivity contribution in [3.63, 3.8) is 0 Å². The number of benzene rings is 1. The van der Waals surface area contributed by atoms with Crippen molar-refractivity contribution in [2.45, 2.75) is 32.7 Å². The van der Waals surface area contributed by atoms with Gasteiger partial charge in [0, 0.05) is 17.4 Å². The normalized spacial score (nSPS) is 11.7. The lowest BCUT2D eigenvalue weighted by Gasteiger charge is -2.22. The van der Waals surface area contributed by atoms with Crippen LogP contribution in [0.5, 0.6) is 5.75 Å². The molecule has 0 aliphatic rings. The van der Waals surface area contributed by atoms with Gasteiger partial charge in [0.25, 0.3) is 5.91 Å². The van der Waals surface area contributed by atoms with Crippen molar-refractivity contribution in [3.05, 3.63) is 45.9 Å². The third kappa shape index (κ3) is 5.99. The highest BCUT2D eigenvalue weighted by molar-refractivity contribution is 7.09. The molecule has 138 valence electrons. The maximum atomic E-state index is 12.6. The number of nitrogens with zero attached hydrogens (tertiary/aromatic N) is 1. The zero-order valence-corrected chi connectivity index (χ0v) is 16.5. The molecular weight excluding hydrogens is 358 g/mol. The third-order valence-electron chi connectivity index (χ3n) is 3.67. The second-order valence-corrected chi connectivity index (χ2v) is 7.01. The van der Waals surface area contributed by atoms with E-state index in [0.717, 1.165) is 22.7 Å². The van der Waals surface area contributed by atoms with Gasteiger partial charge in [-0.1, -0.05) is 32.0 Å². The first kappa shape index (κ1) is 21.4. The van der Waals surface area contributed by atoms with Gasteiger partial charge in [-0.3, -0.25) is 4.79 Å². The molecule has 1 unspecified atom stereocenters. The number of nitrogens with two attached hydrogens (primary N) is 1. The molecule has 2 rings (SSSR count). The minimum atomic E-state index is -0.161. The zero-order chi connectivity index (χ0) is 17.5. The quantitative estimate of drug-likeness (QED) is 0.730. The monoisotopic (exact) mass is 383 g/mol. The minimum Gasteiger partial charge on any atom is -0.496 e. The SMILES string of the molecule is COc1ccccc1C(CC(C)C)NC(=O)c1csc(CCN)n1.Cl. The van der Waals surface area contributed by atoms with Gasteiger partial charge < -0.3 is 15.8 Å². The number of rotatable bonds is 8. The number of carbonyl (C=O) groups is 1. The van der Waals surface area contributed by atoms with Gasteiger partial charge in [-0.05, 0) is 24.9 Å². The van der Waals surface area contributed by atoms with Crippen LogP contribution in [0.1, 0.15) is 47.4 Å². The Balaban J connectivity index is 0.00000312. The lowest BCUT2D eigenvalue weighted by atomic mass is 9.96. The van der Waals surface area contributed by atoms with E-state index in [2.05, 4.69) is 24.1 Å². The highest BCUT2D eigenvalue weighted by Crippen LogP contribution is 2.29. The molecule has 2 aromatic rings. The fourth-order valence-electron chi connectivity index (χ4n) is 2.58. The second kappa shape index (κ2) is 10.4. The Bertz CT molecular complexity index is 676. The first-order valence-corrected chi connectivity index (χ1v) is 9.01. The predicted molar refractivity (Wildman–Crippen MR) is 105 cm³/mol. The molecule has 0 bridgehead atoms. The van der Waals surface area contributed by atoms with E-state index in [1.54, 1.807) is 12.5 Å². The summed E-state index contributed by atoms with van der Waals surface area (Å²) < 4.78 is 5.45. The lowest BCUT2D eigenvalue weighted by molar-refractivity contribution is 0.0927. The molecule has 25 heavy (non-hydrogen) atoms. The number of hydrogen-bond acceptors (Lipinski definition) is 5. The van der Waals surface area contributed by atoms with Crippen LogP contribution in [0.15, 0.2) is 29.6 Å². The molecule has 0 saturated carbocycles. The number of para-hydroxylation sites is 1. The van der Waals surface area contributed by atoms with Gasteiger partial charge in [0.05, 0.1) is 18.2 Å². The number of methoxy groups -OCH3 is 1. The number of carbonyl (C=O) groups excluding carboxylic acids is 1. The Morgan fingerprint density at radius 2 is 2.08 bits per heavy atom. The second-order valence-electron chi connectivity index (χ2n) is 6.06. The molecule has 1 atom stereocenters. The number of nitrogens with one attached hydrogen (secondary N) is 1. The number of amides is 1. The largest absolute Gasteiger partial charge is 0.496 e. The molecule has 0 fully saturated rings. The van der Waals surface area contributed by atoms with Crippen molar-refractivity contribution in [2.24, 2.45) is 11.7 Å². The van der Waals surface area contributed by atoms with Gasteiger partial charge in [0.15, 0.2) is 0 Å². The first-order valence-electron chi connectivity index (χ1n) is 8.13. The molecule has 1 amide bonds. The smallest absolute Gasteiger partial charge is 0.271 e. The molecule has 7 heteroatoms. The van der Waals surface area contributed by atoms with Gasteiger partial charge in [0.2, 0.25) is 0 Å². The van der Waals surface area contributed by atoms with E-state index in [4.69, 9.17) is 10.5 Å². The van der Waals surface area contributed by atoms with Gasteiger partial charge in [0.1, 0.15) is 11.4 Å². The summed E-state index contributed by atoms with van der Waals surface area (Å²) in [7, 11) is 1.65. The van der Waals surface area contributed by atoms with E-state index < -0.39 is 0 Å². The maximum Gasteiger partial charge on any atom is 0.271 e. The molecule has 5 nitrogen and oxygen atoms in total. The average molecular weight is 384 g/mol. The third-order valence-corrected chi connectivity index (χ3v) is 4.58. The van der Waals surface area contributed by atoms with Crippen molar-refractivity contribution in [3.8, 4) is 5.75 Å². The summed E-state index contributed by atoms with van der Waals surface area (Å²) in [6, 6.07) is 7.67. The number of ether oxygens (including phenoxy) is 1. The average Bonchev–Trinajstić information content (AvgIpc) is 3.03. The highest BCUT2D eigenvalue weighted by Gasteiger charge is 2.21.